The van der Waals surface area contributed by atoms with Gasteiger partial charge in [-0.05, 0) is 61.2 Å². The molecule has 7 nitrogen and oxygen atoms in total. The zero-order valence-corrected chi connectivity index (χ0v) is 20.9. The number of nitrogens with one attached hydrogen (secondary N) is 1. The summed E-state index contributed by atoms with van der Waals surface area (Å²) >= 11 is 0. The second-order valence-corrected chi connectivity index (χ2v) is 12.1. The molecular formula is C26H35N3O4S. The van der Waals surface area contributed by atoms with Gasteiger partial charge in [0.15, 0.2) is 0 Å². The molecule has 184 valence electrons. The Morgan fingerprint density at radius 2 is 1.82 bits per heavy atom. The monoisotopic (exact) mass is 485 g/mol. The Morgan fingerprint density at radius 1 is 1.18 bits per heavy atom. The van der Waals surface area contributed by atoms with E-state index in [0.717, 1.165) is 35.6 Å². The Labute approximate surface area is 203 Å². The molecule has 0 unspecified atom stereocenters. The number of anilines is 3. The first-order valence-electron chi connectivity index (χ1n) is 11.7. The number of rotatable bonds is 9. The summed E-state index contributed by atoms with van der Waals surface area (Å²) < 4.78 is 20.2. The highest BCUT2D eigenvalue weighted by Crippen LogP contribution is 2.46. The van der Waals surface area contributed by atoms with Crippen molar-refractivity contribution in [2.45, 2.75) is 57.9 Å². The van der Waals surface area contributed by atoms with E-state index in [1.807, 2.05) is 44.2 Å². The molecule has 34 heavy (non-hydrogen) atoms. The minimum atomic E-state index is -2.47. The van der Waals surface area contributed by atoms with Gasteiger partial charge in [-0.2, -0.15) is 15.9 Å². The van der Waals surface area contributed by atoms with Gasteiger partial charge in [-0.25, -0.2) is 0 Å². The van der Waals surface area contributed by atoms with Crippen LogP contribution < -0.4 is 10.2 Å². The van der Waals surface area contributed by atoms with E-state index in [0.29, 0.717) is 29.9 Å². The normalized spacial score (nSPS) is 16.9. The van der Waals surface area contributed by atoms with Gasteiger partial charge in [0.2, 0.25) is 0 Å². The highest BCUT2D eigenvalue weighted by molar-refractivity contribution is 8.24. The predicted molar refractivity (Wildman–Crippen MR) is 139 cm³/mol. The van der Waals surface area contributed by atoms with Crippen molar-refractivity contribution in [1.82, 2.24) is 0 Å². The molecule has 1 fully saturated rings. The smallest absolute Gasteiger partial charge is 0.304 e. The number of nitrogens with zero attached hydrogens (tertiary/aromatic N) is 2. The van der Waals surface area contributed by atoms with Gasteiger partial charge >= 0.3 is 5.97 Å². The zero-order valence-electron chi connectivity index (χ0n) is 20.1. The fourth-order valence-electron chi connectivity index (χ4n) is 4.52. The molecule has 1 heterocycles. The van der Waals surface area contributed by atoms with Crippen LogP contribution in [0.15, 0.2) is 42.5 Å². The minimum Gasteiger partial charge on any atom is -0.481 e. The lowest BCUT2D eigenvalue weighted by molar-refractivity contribution is -0.138. The summed E-state index contributed by atoms with van der Waals surface area (Å²) in [5, 5.41) is 22.0. The number of hydrogen-bond donors (Lipinski definition) is 4. The average Bonchev–Trinajstić information content (AvgIpc) is 2.78. The third-order valence-corrected chi connectivity index (χ3v) is 8.21. The van der Waals surface area contributed by atoms with Crippen LogP contribution in [0.1, 0.15) is 57.6 Å². The zero-order chi connectivity index (χ0) is 24.9. The number of carbonyl (C=O) groups is 1. The number of hydrogen-bond acceptors (Lipinski definition) is 6. The first-order valence-corrected chi connectivity index (χ1v) is 13.6. The summed E-state index contributed by atoms with van der Waals surface area (Å²) in [7, 11) is -2.47. The number of carboxylic acid groups (broad SMARTS) is 1. The highest BCUT2D eigenvalue weighted by Gasteiger charge is 2.30. The second-order valence-electron chi connectivity index (χ2n) is 9.64. The van der Waals surface area contributed by atoms with Crippen LogP contribution >= 0.6 is 10.6 Å². The molecule has 0 saturated carbocycles. The van der Waals surface area contributed by atoms with Crippen molar-refractivity contribution in [1.29, 1.82) is 5.26 Å². The van der Waals surface area contributed by atoms with E-state index in [1.165, 1.54) is 0 Å². The van der Waals surface area contributed by atoms with Gasteiger partial charge < -0.3 is 15.3 Å². The van der Waals surface area contributed by atoms with Crippen molar-refractivity contribution in [2.75, 3.05) is 28.3 Å². The van der Waals surface area contributed by atoms with Crippen LogP contribution in [0.3, 0.4) is 0 Å². The summed E-state index contributed by atoms with van der Waals surface area (Å²) in [5.74, 6) is -0.00976. The van der Waals surface area contributed by atoms with Crippen LogP contribution in [-0.4, -0.2) is 44.3 Å². The standard InChI is InChI=1S/C26H35N3O4S/c1-4-13-29(22-11-14-34(32,33)15-12-22)24-10-7-20(26(2,3)17-25(30)31)16-23(24)28-21-8-5-19(18-27)6-9-21/h5-10,16,22,28,32-33H,4,11-15,17H2,1-3H3,(H,30,31). The third-order valence-electron chi connectivity index (χ3n) is 6.43. The Hall–Kier alpha value is -2.73. The van der Waals surface area contributed by atoms with E-state index < -0.39 is 22.0 Å². The Morgan fingerprint density at radius 3 is 2.38 bits per heavy atom. The van der Waals surface area contributed by atoms with Gasteiger partial charge in [0.1, 0.15) is 0 Å². The van der Waals surface area contributed by atoms with Crippen LogP contribution in [0.5, 0.6) is 0 Å². The molecule has 0 aliphatic carbocycles. The van der Waals surface area contributed by atoms with Crippen LogP contribution in [-0.2, 0) is 10.2 Å². The van der Waals surface area contributed by atoms with Crippen molar-refractivity contribution in [3.63, 3.8) is 0 Å². The Balaban J connectivity index is 2.02. The molecule has 1 aliphatic heterocycles. The maximum atomic E-state index is 11.5. The van der Waals surface area contributed by atoms with Gasteiger partial charge in [-0.1, -0.05) is 26.8 Å². The molecule has 0 aromatic heterocycles. The number of nitriles is 1. The molecule has 2 aromatic carbocycles. The third kappa shape index (κ3) is 6.44. The number of benzene rings is 2. The van der Waals surface area contributed by atoms with Crippen molar-refractivity contribution in [3.8, 4) is 6.07 Å². The van der Waals surface area contributed by atoms with Gasteiger partial charge in [0.05, 0.1) is 29.4 Å². The molecule has 1 saturated heterocycles. The summed E-state index contributed by atoms with van der Waals surface area (Å²) in [6.45, 7) is 6.81. The van der Waals surface area contributed by atoms with E-state index in [2.05, 4.69) is 23.2 Å². The molecule has 0 radical (unpaired) electrons. The SMILES string of the molecule is CCCN(c1ccc(C(C)(C)CC(=O)O)cc1Nc1ccc(C#N)cc1)C1CCS(O)(O)CC1. The van der Waals surface area contributed by atoms with Crippen LogP contribution in [0.2, 0.25) is 0 Å². The van der Waals surface area contributed by atoms with Crippen LogP contribution in [0.4, 0.5) is 17.1 Å². The first kappa shape index (κ1) is 25.9. The largest absolute Gasteiger partial charge is 0.481 e. The lowest BCUT2D eigenvalue weighted by Crippen LogP contribution is -2.41. The summed E-state index contributed by atoms with van der Waals surface area (Å²) in [6, 6.07) is 15.6. The number of aliphatic carboxylic acids is 1. The molecule has 0 amide bonds. The van der Waals surface area contributed by atoms with Crippen molar-refractivity contribution in [2.24, 2.45) is 0 Å². The summed E-state index contributed by atoms with van der Waals surface area (Å²) in [6.07, 6.45) is 2.38. The van der Waals surface area contributed by atoms with E-state index >= 15 is 0 Å². The fraction of sp³-hybridized carbons (Fsp3) is 0.462. The van der Waals surface area contributed by atoms with Gasteiger partial charge in [0.25, 0.3) is 0 Å². The second kappa shape index (κ2) is 10.7. The fourth-order valence-corrected chi connectivity index (χ4v) is 6.02. The van der Waals surface area contributed by atoms with Crippen LogP contribution in [0, 0.1) is 11.3 Å². The molecule has 0 bridgehead atoms. The van der Waals surface area contributed by atoms with Crippen molar-refractivity contribution >= 4 is 33.6 Å². The predicted octanol–water partition coefficient (Wildman–Crippen LogP) is 6.18. The molecule has 0 atom stereocenters. The maximum Gasteiger partial charge on any atom is 0.304 e. The first-order chi connectivity index (χ1) is 16.0. The Bertz CT molecular complexity index is 1040. The minimum absolute atomic E-state index is 0.0157. The molecule has 3 rings (SSSR count). The molecule has 0 spiro atoms. The summed E-state index contributed by atoms with van der Waals surface area (Å²) in [5.41, 5.74) is 3.65. The van der Waals surface area contributed by atoms with E-state index in [4.69, 9.17) is 5.26 Å². The van der Waals surface area contributed by atoms with E-state index in [9.17, 15) is 19.0 Å². The topological polar surface area (TPSA) is 117 Å². The highest BCUT2D eigenvalue weighted by atomic mass is 32.3. The van der Waals surface area contributed by atoms with Gasteiger partial charge in [0, 0.05) is 35.2 Å². The maximum absolute atomic E-state index is 11.5. The molecule has 1 aliphatic rings. The van der Waals surface area contributed by atoms with E-state index in [-0.39, 0.29) is 12.5 Å². The quantitative estimate of drug-likeness (QED) is 0.335. The van der Waals surface area contributed by atoms with Crippen LogP contribution in [0.25, 0.3) is 0 Å². The van der Waals surface area contributed by atoms with Crippen molar-refractivity contribution in [3.05, 3.63) is 53.6 Å². The van der Waals surface area contributed by atoms with Crippen molar-refractivity contribution < 1.29 is 19.0 Å². The van der Waals surface area contributed by atoms with E-state index in [1.54, 1.807) is 12.1 Å². The molecule has 4 N–H and O–H groups in total. The number of carboxylic acids is 1. The summed E-state index contributed by atoms with van der Waals surface area (Å²) in [4.78, 5) is 13.8. The molecule has 8 heteroatoms. The lowest BCUT2D eigenvalue weighted by Gasteiger charge is -2.44. The Kier molecular flexibility index (Phi) is 8.13. The average molecular weight is 486 g/mol. The lowest BCUT2D eigenvalue weighted by atomic mass is 9.81. The molecular weight excluding hydrogens is 450 g/mol. The molecule has 2 aromatic rings. The van der Waals surface area contributed by atoms with Gasteiger partial charge in [-0.15, -0.1) is 0 Å². The van der Waals surface area contributed by atoms with Gasteiger partial charge in [-0.3, -0.25) is 13.9 Å².